The highest BCUT2D eigenvalue weighted by Crippen LogP contribution is 2.24. The molecule has 0 aliphatic carbocycles. The first-order valence-electron chi connectivity index (χ1n) is 10.5. The molecular weight excluding hydrogens is 459 g/mol. The van der Waals surface area contributed by atoms with Crippen LogP contribution in [-0.2, 0) is 4.79 Å². The van der Waals surface area contributed by atoms with Crippen molar-refractivity contribution < 1.29 is 22.8 Å². The first kappa shape index (κ1) is 24.6. The van der Waals surface area contributed by atoms with Crippen molar-refractivity contribution in [1.82, 2.24) is 15.6 Å². The summed E-state index contributed by atoms with van der Waals surface area (Å²) in [6.45, 7) is 1.80. The van der Waals surface area contributed by atoms with Gasteiger partial charge in [-0.15, -0.1) is 0 Å². The Balaban J connectivity index is 1.50. The minimum Gasteiger partial charge on any atom is -0.371 e. The van der Waals surface area contributed by atoms with Crippen molar-refractivity contribution in [2.75, 3.05) is 29.9 Å². The van der Waals surface area contributed by atoms with E-state index in [0.29, 0.717) is 10.7 Å². The van der Waals surface area contributed by atoms with Crippen molar-refractivity contribution in [3.05, 3.63) is 53.8 Å². The van der Waals surface area contributed by atoms with Gasteiger partial charge in [0.15, 0.2) is 0 Å². The molecule has 2 aromatic rings. The maximum atomic E-state index is 13.0. The maximum absolute atomic E-state index is 13.0. The van der Waals surface area contributed by atoms with Crippen LogP contribution in [-0.4, -0.2) is 48.8 Å². The quantitative estimate of drug-likeness (QED) is 0.550. The standard InChI is InChI=1S/C22H25ClF3N5O2/c23-16-1-3-17(4-2-16)29-21(33)30-19(13-22(24,25)26)20(32)28-14-15-7-11-31(12-8-15)18-5-9-27-10-6-18/h1-6,9-10,15,19H,7-8,11-14H2,(H,28,32)(H2,29,30,33). The molecule has 2 heterocycles. The molecule has 3 rings (SSSR count). The van der Waals surface area contributed by atoms with Gasteiger partial charge in [-0.2, -0.15) is 13.2 Å². The minimum absolute atomic E-state index is 0.140. The van der Waals surface area contributed by atoms with Gasteiger partial charge < -0.3 is 20.9 Å². The molecule has 3 N–H and O–H groups in total. The number of rotatable bonds is 7. The number of piperidine rings is 1. The van der Waals surface area contributed by atoms with E-state index in [4.69, 9.17) is 11.6 Å². The second-order valence-corrected chi connectivity index (χ2v) is 8.29. The van der Waals surface area contributed by atoms with Gasteiger partial charge in [0, 0.05) is 48.4 Å². The largest absolute Gasteiger partial charge is 0.391 e. The van der Waals surface area contributed by atoms with Gasteiger partial charge in [0.05, 0.1) is 6.42 Å². The Bertz CT molecular complexity index is 920. The van der Waals surface area contributed by atoms with Gasteiger partial charge in [0.1, 0.15) is 6.04 Å². The molecule has 0 saturated carbocycles. The maximum Gasteiger partial charge on any atom is 0.391 e. The smallest absolute Gasteiger partial charge is 0.371 e. The number of halogens is 4. The second kappa shape index (κ2) is 11.2. The number of hydrogen-bond acceptors (Lipinski definition) is 4. The lowest BCUT2D eigenvalue weighted by atomic mass is 9.96. The average molecular weight is 484 g/mol. The molecule has 1 aliphatic heterocycles. The monoisotopic (exact) mass is 483 g/mol. The van der Waals surface area contributed by atoms with Crippen molar-refractivity contribution in [3.8, 4) is 0 Å². The molecule has 33 heavy (non-hydrogen) atoms. The molecule has 1 aromatic carbocycles. The van der Waals surface area contributed by atoms with Crippen LogP contribution in [0.15, 0.2) is 48.8 Å². The van der Waals surface area contributed by atoms with Crippen LogP contribution in [0.4, 0.5) is 29.3 Å². The molecule has 0 spiro atoms. The third-order valence-corrected chi connectivity index (χ3v) is 5.62. The molecule has 7 nitrogen and oxygen atoms in total. The summed E-state index contributed by atoms with van der Waals surface area (Å²) < 4.78 is 39.0. The highest BCUT2D eigenvalue weighted by molar-refractivity contribution is 6.30. The number of alkyl halides is 3. The summed E-state index contributed by atoms with van der Waals surface area (Å²) in [5, 5.41) is 7.55. The molecule has 1 aromatic heterocycles. The number of carbonyl (C=O) groups is 2. The molecule has 178 valence electrons. The Labute approximate surface area is 194 Å². The van der Waals surface area contributed by atoms with Crippen LogP contribution in [0.3, 0.4) is 0 Å². The van der Waals surface area contributed by atoms with E-state index in [0.717, 1.165) is 31.6 Å². The number of nitrogens with one attached hydrogen (secondary N) is 3. The highest BCUT2D eigenvalue weighted by Gasteiger charge is 2.36. The predicted molar refractivity (Wildman–Crippen MR) is 120 cm³/mol. The summed E-state index contributed by atoms with van der Waals surface area (Å²) in [4.78, 5) is 30.9. The summed E-state index contributed by atoms with van der Waals surface area (Å²) in [7, 11) is 0. The Kier molecular flexibility index (Phi) is 8.37. The Hall–Kier alpha value is -3.01. The van der Waals surface area contributed by atoms with E-state index >= 15 is 0 Å². The number of hydrogen-bond donors (Lipinski definition) is 3. The third-order valence-electron chi connectivity index (χ3n) is 5.37. The van der Waals surface area contributed by atoms with Gasteiger partial charge in [-0.3, -0.25) is 9.78 Å². The molecule has 1 unspecified atom stereocenters. The van der Waals surface area contributed by atoms with Gasteiger partial charge in [-0.25, -0.2) is 4.79 Å². The Morgan fingerprint density at radius 1 is 1.09 bits per heavy atom. The van der Waals surface area contributed by atoms with Gasteiger partial charge >= 0.3 is 12.2 Å². The summed E-state index contributed by atoms with van der Waals surface area (Å²) >= 11 is 5.77. The number of pyridine rings is 1. The second-order valence-electron chi connectivity index (χ2n) is 7.86. The lowest BCUT2D eigenvalue weighted by molar-refractivity contribution is -0.148. The topological polar surface area (TPSA) is 86.4 Å². The van der Waals surface area contributed by atoms with Gasteiger partial charge in [-0.1, -0.05) is 11.6 Å². The first-order valence-corrected chi connectivity index (χ1v) is 10.9. The number of nitrogens with zero attached hydrogens (tertiary/aromatic N) is 2. The Morgan fingerprint density at radius 2 is 1.73 bits per heavy atom. The molecule has 11 heteroatoms. The summed E-state index contributed by atoms with van der Waals surface area (Å²) in [5.41, 5.74) is 1.40. The number of carbonyl (C=O) groups excluding carboxylic acids is 2. The molecule has 1 atom stereocenters. The normalized spacial score (nSPS) is 15.6. The zero-order valence-corrected chi connectivity index (χ0v) is 18.5. The fraction of sp³-hybridized carbons (Fsp3) is 0.409. The van der Waals surface area contributed by atoms with Crippen LogP contribution in [0.2, 0.25) is 5.02 Å². The van der Waals surface area contributed by atoms with Crippen molar-refractivity contribution in [3.63, 3.8) is 0 Å². The summed E-state index contributed by atoms with van der Waals surface area (Å²) in [6.07, 6.45) is -1.07. The number of aromatic nitrogens is 1. The minimum atomic E-state index is -4.62. The molecule has 1 saturated heterocycles. The molecule has 0 bridgehead atoms. The van der Waals surface area contributed by atoms with Crippen LogP contribution >= 0.6 is 11.6 Å². The molecular formula is C22H25ClF3N5O2. The van der Waals surface area contributed by atoms with Crippen molar-refractivity contribution in [2.45, 2.75) is 31.5 Å². The fourth-order valence-corrected chi connectivity index (χ4v) is 3.74. The van der Waals surface area contributed by atoms with E-state index < -0.39 is 30.6 Å². The number of benzene rings is 1. The van der Waals surface area contributed by atoms with E-state index in [2.05, 4.69) is 25.8 Å². The highest BCUT2D eigenvalue weighted by atomic mass is 35.5. The SMILES string of the molecule is O=C(Nc1ccc(Cl)cc1)NC(CC(F)(F)F)C(=O)NCC1CCN(c2ccncc2)CC1. The van der Waals surface area contributed by atoms with Gasteiger partial charge in [0.25, 0.3) is 0 Å². The molecule has 3 amide bonds. The third kappa shape index (κ3) is 8.12. The van der Waals surface area contributed by atoms with E-state index in [1.54, 1.807) is 12.4 Å². The van der Waals surface area contributed by atoms with Crippen molar-refractivity contribution in [1.29, 1.82) is 0 Å². The summed E-state index contributed by atoms with van der Waals surface area (Å²) in [6, 6.07) is 7.24. The van der Waals surface area contributed by atoms with Crippen molar-refractivity contribution in [2.24, 2.45) is 5.92 Å². The van der Waals surface area contributed by atoms with Crippen LogP contribution in [0, 0.1) is 5.92 Å². The van der Waals surface area contributed by atoms with Gasteiger partial charge in [-0.05, 0) is 55.2 Å². The zero-order valence-electron chi connectivity index (χ0n) is 17.7. The molecule has 0 radical (unpaired) electrons. The molecule has 1 aliphatic rings. The molecule has 1 fully saturated rings. The number of amides is 3. The van der Waals surface area contributed by atoms with Crippen LogP contribution in [0.25, 0.3) is 0 Å². The van der Waals surface area contributed by atoms with Crippen molar-refractivity contribution >= 4 is 34.9 Å². The lowest BCUT2D eigenvalue weighted by Gasteiger charge is -2.33. The van der Waals surface area contributed by atoms with Crippen LogP contribution in [0.1, 0.15) is 19.3 Å². The fourth-order valence-electron chi connectivity index (χ4n) is 3.62. The first-order chi connectivity index (χ1) is 15.7. The van der Waals surface area contributed by atoms with E-state index in [9.17, 15) is 22.8 Å². The number of urea groups is 1. The van der Waals surface area contributed by atoms with E-state index in [-0.39, 0.29) is 12.5 Å². The van der Waals surface area contributed by atoms with Crippen LogP contribution < -0.4 is 20.9 Å². The Morgan fingerprint density at radius 3 is 2.33 bits per heavy atom. The van der Waals surface area contributed by atoms with Gasteiger partial charge in [0.2, 0.25) is 5.91 Å². The summed E-state index contributed by atoms with van der Waals surface area (Å²) in [5.74, 6) is -0.725. The van der Waals surface area contributed by atoms with Crippen LogP contribution in [0.5, 0.6) is 0 Å². The average Bonchev–Trinajstić information content (AvgIpc) is 2.78. The van der Waals surface area contributed by atoms with E-state index in [1.165, 1.54) is 24.3 Å². The lowest BCUT2D eigenvalue weighted by Crippen LogP contribution is -2.51. The number of anilines is 2. The predicted octanol–water partition coefficient (Wildman–Crippen LogP) is 4.21. The zero-order chi connectivity index (χ0) is 23.8. The van der Waals surface area contributed by atoms with E-state index in [1.807, 2.05) is 12.1 Å².